The Morgan fingerprint density at radius 3 is 2.78 bits per heavy atom. The molecule has 0 fully saturated rings. The van der Waals surface area contributed by atoms with Crippen LogP contribution in [-0.2, 0) is 0 Å². The first-order valence-electron chi connectivity index (χ1n) is 6.57. The maximum absolute atomic E-state index is 8.80. The predicted molar refractivity (Wildman–Crippen MR) is 76.6 cm³/mol. The Bertz CT molecular complexity index is 393. The van der Waals surface area contributed by atoms with Crippen molar-refractivity contribution >= 4 is 5.69 Å². The van der Waals surface area contributed by atoms with Crippen molar-refractivity contribution in [2.45, 2.75) is 32.7 Å². The highest BCUT2D eigenvalue weighted by atomic mass is 15.1. The molecule has 3 heteroatoms. The molecule has 0 saturated heterocycles. The summed E-state index contributed by atoms with van der Waals surface area (Å²) in [5, 5.41) is 12.2. The summed E-state index contributed by atoms with van der Waals surface area (Å²) in [6.45, 7) is 6.52. The molecule has 0 spiro atoms. The van der Waals surface area contributed by atoms with Crippen LogP contribution in [0.25, 0.3) is 0 Å². The summed E-state index contributed by atoms with van der Waals surface area (Å²) in [6, 6.07) is 10.4. The Morgan fingerprint density at radius 2 is 2.11 bits per heavy atom. The molecule has 1 aromatic rings. The number of hydrogen-bond donors (Lipinski definition) is 1. The van der Waals surface area contributed by atoms with Crippen molar-refractivity contribution < 1.29 is 0 Å². The van der Waals surface area contributed by atoms with Gasteiger partial charge in [-0.3, -0.25) is 0 Å². The topological polar surface area (TPSA) is 39.1 Å². The number of nitriles is 1. The molecule has 0 amide bonds. The van der Waals surface area contributed by atoms with E-state index in [2.05, 4.69) is 37.2 Å². The third-order valence-electron chi connectivity index (χ3n) is 3.14. The van der Waals surface area contributed by atoms with Gasteiger partial charge in [0.1, 0.15) is 0 Å². The Balaban J connectivity index is 2.20. The van der Waals surface area contributed by atoms with E-state index in [0.29, 0.717) is 11.6 Å². The van der Waals surface area contributed by atoms with Crippen LogP contribution in [-0.4, -0.2) is 31.1 Å². The number of rotatable bonds is 7. The summed E-state index contributed by atoms with van der Waals surface area (Å²) in [4.78, 5) is 2.36. The van der Waals surface area contributed by atoms with Crippen molar-refractivity contribution in [3.8, 4) is 6.07 Å². The van der Waals surface area contributed by atoms with Gasteiger partial charge in [-0.2, -0.15) is 5.26 Å². The van der Waals surface area contributed by atoms with Crippen LogP contribution in [0.3, 0.4) is 0 Å². The third-order valence-corrected chi connectivity index (χ3v) is 3.14. The number of nitrogens with one attached hydrogen (secondary N) is 1. The Kier molecular flexibility index (Phi) is 6.24. The second-order valence-electron chi connectivity index (χ2n) is 4.90. The van der Waals surface area contributed by atoms with Crippen molar-refractivity contribution in [1.82, 2.24) is 4.90 Å². The van der Waals surface area contributed by atoms with Crippen LogP contribution < -0.4 is 5.32 Å². The molecular formula is C15H23N3. The minimum Gasteiger partial charge on any atom is -0.385 e. The number of hydrogen-bond acceptors (Lipinski definition) is 3. The fourth-order valence-corrected chi connectivity index (χ4v) is 1.68. The molecule has 0 radical (unpaired) electrons. The van der Waals surface area contributed by atoms with Gasteiger partial charge in [0.05, 0.1) is 11.6 Å². The lowest BCUT2D eigenvalue weighted by Gasteiger charge is -2.20. The quantitative estimate of drug-likeness (QED) is 0.750. The number of anilines is 1. The average molecular weight is 245 g/mol. The fourth-order valence-electron chi connectivity index (χ4n) is 1.68. The first kappa shape index (κ1) is 14.5. The lowest BCUT2D eigenvalue weighted by Crippen LogP contribution is -2.27. The predicted octanol–water partition coefficient (Wildman–Crippen LogP) is 3.09. The third kappa shape index (κ3) is 5.20. The molecule has 0 saturated carbocycles. The molecule has 1 N–H and O–H groups in total. The molecule has 0 aromatic heterocycles. The minimum atomic E-state index is 0.616. The molecule has 0 aliphatic carbocycles. The van der Waals surface area contributed by atoms with Gasteiger partial charge in [-0.25, -0.2) is 0 Å². The van der Waals surface area contributed by atoms with Crippen LogP contribution in [0.4, 0.5) is 5.69 Å². The van der Waals surface area contributed by atoms with Crippen molar-refractivity contribution in [3.63, 3.8) is 0 Å². The van der Waals surface area contributed by atoms with Crippen molar-refractivity contribution in [1.29, 1.82) is 5.26 Å². The van der Waals surface area contributed by atoms with Crippen LogP contribution in [0, 0.1) is 11.3 Å². The molecule has 0 unspecified atom stereocenters. The highest BCUT2D eigenvalue weighted by Gasteiger charge is 2.01. The molecule has 98 valence electrons. The van der Waals surface area contributed by atoms with Crippen molar-refractivity contribution in [2.75, 3.05) is 25.5 Å². The van der Waals surface area contributed by atoms with E-state index in [4.69, 9.17) is 5.26 Å². The molecule has 0 bridgehead atoms. The molecule has 0 atom stereocenters. The Labute approximate surface area is 110 Å². The molecule has 0 aliphatic heterocycles. The summed E-state index contributed by atoms with van der Waals surface area (Å²) in [5.41, 5.74) is 1.74. The summed E-state index contributed by atoms with van der Waals surface area (Å²) < 4.78 is 0. The van der Waals surface area contributed by atoms with Crippen LogP contribution in [0.5, 0.6) is 0 Å². The molecule has 0 aliphatic rings. The SMILES string of the molecule is CC(C)N(C)CCCCNc1cccc(C#N)c1. The van der Waals surface area contributed by atoms with E-state index < -0.39 is 0 Å². The summed E-state index contributed by atoms with van der Waals surface area (Å²) in [5.74, 6) is 0. The van der Waals surface area contributed by atoms with Gasteiger partial charge in [0, 0.05) is 18.3 Å². The van der Waals surface area contributed by atoms with Crippen LogP contribution >= 0.6 is 0 Å². The lowest BCUT2D eigenvalue weighted by atomic mass is 10.2. The van der Waals surface area contributed by atoms with Crippen molar-refractivity contribution in [2.24, 2.45) is 0 Å². The monoisotopic (exact) mass is 245 g/mol. The van der Waals surface area contributed by atoms with Gasteiger partial charge >= 0.3 is 0 Å². The van der Waals surface area contributed by atoms with Crippen LogP contribution in [0.2, 0.25) is 0 Å². The van der Waals surface area contributed by atoms with Crippen LogP contribution in [0.15, 0.2) is 24.3 Å². The summed E-state index contributed by atoms with van der Waals surface area (Å²) in [6.07, 6.45) is 2.34. The molecule has 1 rings (SSSR count). The van der Waals surface area contributed by atoms with Gasteiger partial charge < -0.3 is 10.2 Å². The van der Waals surface area contributed by atoms with Crippen molar-refractivity contribution in [3.05, 3.63) is 29.8 Å². The molecule has 18 heavy (non-hydrogen) atoms. The second kappa shape index (κ2) is 7.73. The zero-order valence-corrected chi connectivity index (χ0v) is 11.6. The van der Waals surface area contributed by atoms with E-state index in [1.807, 2.05) is 24.3 Å². The molecule has 1 aromatic carbocycles. The van der Waals surface area contributed by atoms with Gasteiger partial charge in [-0.15, -0.1) is 0 Å². The number of benzene rings is 1. The van der Waals surface area contributed by atoms with E-state index in [-0.39, 0.29) is 0 Å². The Morgan fingerprint density at radius 1 is 1.33 bits per heavy atom. The van der Waals surface area contributed by atoms with E-state index in [9.17, 15) is 0 Å². The molecule has 3 nitrogen and oxygen atoms in total. The van der Waals surface area contributed by atoms with Gasteiger partial charge in [-0.05, 0) is 58.5 Å². The zero-order chi connectivity index (χ0) is 13.4. The average Bonchev–Trinajstić information content (AvgIpc) is 2.38. The first-order valence-corrected chi connectivity index (χ1v) is 6.57. The maximum Gasteiger partial charge on any atom is 0.0992 e. The van der Waals surface area contributed by atoms with E-state index in [0.717, 1.165) is 25.2 Å². The molecule has 0 heterocycles. The van der Waals surface area contributed by atoms with Gasteiger partial charge in [0.25, 0.3) is 0 Å². The Hall–Kier alpha value is -1.53. The highest BCUT2D eigenvalue weighted by molar-refractivity contribution is 5.48. The normalized spacial score (nSPS) is 10.7. The minimum absolute atomic E-state index is 0.616. The van der Waals surface area contributed by atoms with Gasteiger partial charge in [-0.1, -0.05) is 6.07 Å². The fraction of sp³-hybridized carbons (Fsp3) is 0.533. The number of unbranched alkanes of at least 4 members (excludes halogenated alkanes) is 1. The second-order valence-corrected chi connectivity index (χ2v) is 4.90. The molecular weight excluding hydrogens is 222 g/mol. The highest BCUT2D eigenvalue weighted by Crippen LogP contribution is 2.09. The standard InChI is InChI=1S/C15H23N3/c1-13(2)18(3)10-5-4-9-17-15-8-6-7-14(11-15)12-16/h6-8,11,13,17H,4-5,9-10H2,1-3H3. The largest absolute Gasteiger partial charge is 0.385 e. The number of nitrogens with zero attached hydrogens (tertiary/aromatic N) is 2. The van der Waals surface area contributed by atoms with E-state index in [1.165, 1.54) is 6.42 Å². The summed E-state index contributed by atoms with van der Waals surface area (Å²) in [7, 11) is 2.16. The first-order chi connectivity index (χ1) is 8.63. The maximum atomic E-state index is 8.80. The van der Waals surface area contributed by atoms with E-state index in [1.54, 1.807) is 0 Å². The summed E-state index contributed by atoms with van der Waals surface area (Å²) >= 11 is 0. The lowest BCUT2D eigenvalue weighted by molar-refractivity contribution is 0.269. The van der Waals surface area contributed by atoms with Gasteiger partial charge in [0.15, 0.2) is 0 Å². The zero-order valence-electron chi connectivity index (χ0n) is 11.6. The smallest absolute Gasteiger partial charge is 0.0992 e. The van der Waals surface area contributed by atoms with Crippen LogP contribution in [0.1, 0.15) is 32.3 Å². The van der Waals surface area contributed by atoms with E-state index >= 15 is 0 Å². The van der Waals surface area contributed by atoms with Gasteiger partial charge in [0.2, 0.25) is 0 Å².